The number of carbonyl (C=O) groups excluding carboxylic acids is 7. The van der Waals surface area contributed by atoms with Gasteiger partial charge in [0.15, 0.2) is 0 Å². The first-order valence-corrected chi connectivity index (χ1v) is 25.9. The van der Waals surface area contributed by atoms with Crippen molar-refractivity contribution in [3.8, 4) is 0 Å². The molecule has 4 amide bonds. The molecule has 0 bridgehead atoms. The van der Waals surface area contributed by atoms with Crippen LogP contribution in [0.1, 0.15) is 142 Å². The number of amides is 4. The number of carboxylic acid groups (broad SMARTS) is 2. The second kappa shape index (κ2) is 45.1. The van der Waals surface area contributed by atoms with Crippen LogP contribution in [-0.2, 0) is 62.1 Å². The molecule has 0 aliphatic carbocycles. The van der Waals surface area contributed by atoms with Gasteiger partial charge in [-0.25, -0.2) is 4.79 Å². The molecule has 21 heteroatoms. The highest BCUT2D eigenvalue weighted by atomic mass is 32.2. The van der Waals surface area contributed by atoms with Crippen molar-refractivity contribution in [3.63, 3.8) is 0 Å². The Morgan fingerprint density at radius 1 is 0.536 bits per heavy atom. The van der Waals surface area contributed by atoms with Crippen LogP contribution >= 0.6 is 11.8 Å². The van der Waals surface area contributed by atoms with Crippen molar-refractivity contribution >= 4 is 64.7 Å². The first kappa shape index (κ1) is 65.0. The van der Waals surface area contributed by atoms with E-state index in [4.69, 9.17) is 24.1 Å². The summed E-state index contributed by atoms with van der Waals surface area (Å²) in [6.45, 7) is 4.58. The number of aliphatic hydroxyl groups excluding tert-OH is 1. The van der Waals surface area contributed by atoms with E-state index in [9.17, 15) is 53.4 Å². The number of aliphatic carboxylic acids is 2. The van der Waals surface area contributed by atoms with E-state index in [-0.39, 0.29) is 151 Å². The maximum absolute atomic E-state index is 12.5. The highest BCUT2D eigenvalue weighted by Crippen LogP contribution is 2.18. The third kappa shape index (κ3) is 41.5. The molecule has 69 heavy (non-hydrogen) atoms. The lowest BCUT2D eigenvalue weighted by atomic mass is 9.92. The molecule has 0 fully saturated rings. The summed E-state index contributed by atoms with van der Waals surface area (Å²) in [7, 11) is 0. The van der Waals surface area contributed by atoms with E-state index in [2.05, 4.69) is 21.3 Å². The molecule has 0 rings (SSSR count). The lowest BCUT2D eigenvalue weighted by Gasteiger charge is -2.16. The topological polar surface area (TPSA) is 299 Å². The number of unbranched alkanes of at least 4 members (excludes halogenated alkanes) is 10. The minimum absolute atomic E-state index is 0.00755. The summed E-state index contributed by atoms with van der Waals surface area (Å²) in [5, 5.41) is 38.1. The van der Waals surface area contributed by atoms with Gasteiger partial charge in [-0.05, 0) is 45.4 Å². The average Bonchev–Trinajstić information content (AvgIpc) is 3.30. The predicted molar refractivity (Wildman–Crippen MR) is 260 cm³/mol. The number of ketones is 3. The lowest BCUT2D eigenvalue weighted by Crippen LogP contribution is -2.40. The van der Waals surface area contributed by atoms with E-state index in [0.717, 1.165) is 57.8 Å². The Morgan fingerprint density at radius 3 is 1.59 bits per heavy atom. The van der Waals surface area contributed by atoms with Crippen LogP contribution in [0.5, 0.6) is 0 Å². The second-order valence-corrected chi connectivity index (χ2v) is 18.0. The Kier molecular flexibility index (Phi) is 42.5. The van der Waals surface area contributed by atoms with E-state index in [1.165, 1.54) is 18.7 Å². The molecular weight excluding hydrogens is 921 g/mol. The third-order valence-corrected chi connectivity index (χ3v) is 12.0. The number of carbonyl (C=O) groups is 9. The molecule has 398 valence electrons. The number of aliphatic hydroxyl groups is 1. The van der Waals surface area contributed by atoms with Crippen LogP contribution in [0.3, 0.4) is 0 Å². The smallest absolute Gasteiger partial charge is 0.326 e. The molecule has 0 radical (unpaired) electrons. The van der Waals surface area contributed by atoms with E-state index in [1.807, 2.05) is 6.92 Å². The van der Waals surface area contributed by atoms with Crippen LogP contribution in [-0.4, -0.2) is 165 Å². The molecule has 0 aromatic heterocycles. The van der Waals surface area contributed by atoms with Crippen molar-refractivity contribution in [2.45, 2.75) is 148 Å². The van der Waals surface area contributed by atoms with Crippen molar-refractivity contribution in [1.29, 1.82) is 0 Å². The molecule has 0 aliphatic heterocycles. The van der Waals surface area contributed by atoms with Gasteiger partial charge in [-0.3, -0.25) is 38.4 Å². The summed E-state index contributed by atoms with van der Waals surface area (Å²) in [5.74, 6) is -3.73. The number of thioether (sulfide) groups is 1. The van der Waals surface area contributed by atoms with Gasteiger partial charge < -0.3 is 55.5 Å². The number of Topliss-reactive ketones (excluding diaryl/α,β-unsaturated/α-hetero) is 3. The van der Waals surface area contributed by atoms with Gasteiger partial charge in [0.2, 0.25) is 23.6 Å². The van der Waals surface area contributed by atoms with Crippen molar-refractivity contribution in [3.05, 3.63) is 0 Å². The lowest BCUT2D eigenvalue weighted by molar-refractivity contribution is -0.142. The Bertz CT molecular complexity index is 1470. The number of hydrogen-bond acceptors (Lipinski definition) is 15. The predicted octanol–water partition coefficient (Wildman–Crippen LogP) is 3.56. The zero-order chi connectivity index (χ0) is 51.3. The zero-order valence-corrected chi connectivity index (χ0v) is 42.1. The molecular formula is C48H84N4O16S. The van der Waals surface area contributed by atoms with E-state index in [1.54, 1.807) is 0 Å². The first-order valence-electron chi connectivity index (χ1n) is 24.8. The highest BCUT2D eigenvalue weighted by molar-refractivity contribution is 7.99. The van der Waals surface area contributed by atoms with Gasteiger partial charge in [0, 0.05) is 75.9 Å². The molecule has 3 atom stereocenters. The fraction of sp³-hybridized carbons (Fsp3) is 0.812. The molecule has 20 nitrogen and oxygen atoms in total. The van der Waals surface area contributed by atoms with E-state index >= 15 is 0 Å². The Hall–Kier alpha value is -4.02. The maximum atomic E-state index is 12.5. The molecule has 0 aromatic carbocycles. The number of ether oxygens (including phenoxy) is 4. The van der Waals surface area contributed by atoms with Crippen LogP contribution in [0, 0.1) is 11.8 Å². The van der Waals surface area contributed by atoms with Gasteiger partial charge in [-0.1, -0.05) is 64.7 Å². The van der Waals surface area contributed by atoms with Crippen LogP contribution < -0.4 is 21.3 Å². The van der Waals surface area contributed by atoms with Gasteiger partial charge in [0.05, 0.1) is 45.4 Å². The largest absolute Gasteiger partial charge is 0.481 e. The quantitative estimate of drug-likeness (QED) is 0.0429. The number of hydrogen-bond donors (Lipinski definition) is 7. The molecule has 7 N–H and O–H groups in total. The second-order valence-electron chi connectivity index (χ2n) is 16.9. The Balaban J connectivity index is 3.71. The molecule has 0 unspecified atom stereocenters. The summed E-state index contributed by atoms with van der Waals surface area (Å²) in [4.78, 5) is 107. The van der Waals surface area contributed by atoms with Gasteiger partial charge in [0.1, 0.15) is 36.6 Å². The standard InChI is InChI=1S/C48H84N4O16S/c1-3-38(42(56)31-39(32-53)37(2)54)35-69-36-46(60)50-23-22-49-44(58)33-68-30-28-66-26-24-51-45(59)34-67-29-27-65-25-16-18-40(55)17-14-15-19-41(48(63)64)52-43(57)20-12-10-8-6-4-5-7-9-11-13-21-47(61)62/h38-39,41,53H,3-36H2,1-2H3,(H,49,58)(H,50,60)(H,51,59)(H,52,57)(H,61,62)(H,63,64)/t38-,39-,41-/m0/s1. The normalized spacial score (nSPS) is 12.4. The van der Waals surface area contributed by atoms with Crippen LogP contribution in [0.15, 0.2) is 0 Å². The minimum Gasteiger partial charge on any atom is -0.481 e. The average molecular weight is 1010 g/mol. The summed E-state index contributed by atoms with van der Waals surface area (Å²) in [6, 6.07) is -0.978. The van der Waals surface area contributed by atoms with Crippen molar-refractivity contribution in [1.82, 2.24) is 21.3 Å². The monoisotopic (exact) mass is 1000 g/mol. The third-order valence-electron chi connectivity index (χ3n) is 10.9. The van der Waals surface area contributed by atoms with Crippen LogP contribution in [0.4, 0.5) is 0 Å². The molecule has 0 saturated carbocycles. The molecule has 0 aromatic rings. The van der Waals surface area contributed by atoms with E-state index < -0.39 is 23.9 Å². The summed E-state index contributed by atoms with van der Waals surface area (Å²) in [6.07, 6.45) is 13.3. The van der Waals surface area contributed by atoms with Crippen molar-refractivity contribution < 1.29 is 77.4 Å². The SMILES string of the molecule is CC[C@@H](CSCC(=O)NCCNC(=O)COCCOCCNC(=O)COCCOCCCC(=O)CCCC[C@H](NC(=O)CCCCCCCCCCCCC(=O)O)C(=O)O)C(=O)C[C@@H](CO)C(C)=O. The van der Waals surface area contributed by atoms with E-state index in [0.29, 0.717) is 57.3 Å². The van der Waals surface area contributed by atoms with Gasteiger partial charge in [-0.15, -0.1) is 0 Å². The molecule has 0 aliphatic rings. The minimum atomic E-state index is -1.09. The van der Waals surface area contributed by atoms with Crippen molar-refractivity contribution in [2.24, 2.45) is 11.8 Å². The molecule has 0 spiro atoms. The summed E-state index contributed by atoms with van der Waals surface area (Å²) >= 11 is 1.31. The van der Waals surface area contributed by atoms with Gasteiger partial charge in [-0.2, -0.15) is 11.8 Å². The molecule has 0 saturated heterocycles. The highest BCUT2D eigenvalue weighted by Gasteiger charge is 2.24. The summed E-state index contributed by atoms with van der Waals surface area (Å²) < 4.78 is 21.5. The van der Waals surface area contributed by atoms with Crippen LogP contribution in [0.25, 0.3) is 0 Å². The van der Waals surface area contributed by atoms with Gasteiger partial charge in [0.25, 0.3) is 0 Å². The Morgan fingerprint density at radius 2 is 1.04 bits per heavy atom. The Labute approximate surface area is 413 Å². The zero-order valence-electron chi connectivity index (χ0n) is 41.3. The van der Waals surface area contributed by atoms with Crippen molar-refractivity contribution in [2.75, 3.05) is 90.6 Å². The molecule has 0 heterocycles. The fourth-order valence-electron chi connectivity index (χ4n) is 6.73. The number of rotatable bonds is 50. The fourth-order valence-corrected chi connectivity index (χ4v) is 7.85. The maximum Gasteiger partial charge on any atom is 0.326 e. The summed E-state index contributed by atoms with van der Waals surface area (Å²) in [5.41, 5.74) is 0. The number of nitrogens with one attached hydrogen (secondary N) is 4. The first-order chi connectivity index (χ1) is 33.2. The van der Waals surface area contributed by atoms with Gasteiger partial charge >= 0.3 is 11.9 Å². The van der Waals surface area contributed by atoms with Crippen LogP contribution in [0.2, 0.25) is 0 Å². The number of carboxylic acids is 2.